The highest BCUT2D eigenvalue weighted by Gasteiger charge is 2.15. The van der Waals surface area contributed by atoms with Gasteiger partial charge in [-0.25, -0.2) is 0 Å². The Morgan fingerprint density at radius 2 is 2.17 bits per heavy atom. The van der Waals surface area contributed by atoms with Gasteiger partial charge in [-0.05, 0) is 45.1 Å². The Hall–Kier alpha value is -1.16. The second-order valence-corrected chi connectivity index (χ2v) is 5.32. The Bertz CT molecular complexity index is 433. The van der Waals surface area contributed by atoms with Crippen LogP contribution in [-0.4, -0.2) is 21.3 Å². The highest BCUT2D eigenvalue weighted by molar-refractivity contribution is 5.07. The Labute approximate surface area is 108 Å². The minimum absolute atomic E-state index is 0.861. The van der Waals surface area contributed by atoms with Crippen LogP contribution in [0.15, 0.2) is 11.6 Å². The van der Waals surface area contributed by atoms with Crippen LogP contribution in [0.3, 0.4) is 0 Å². The van der Waals surface area contributed by atoms with Gasteiger partial charge in [0.05, 0.1) is 6.54 Å². The molecule has 0 fully saturated rings. The van der Waals surface area contributed by atoms with E-state index in [1.165, 1.54) is 44.3 Å². The van der Waals surface area contributed by atoms with E-state index in [9.17, 15) is 0 Å². The summed E-state index contributed by atoms with van der Waals surface area (Å²) in [7, 11) is 0. The lowest BCUT2D eigenvalue weighted by molar-refractivity contribution is 0.497. The van der Waals surface area contributed by atoms with Gasteiger partial charge in [-0.15, -0.1) is 10.2 Å². The van der Waals surface area contributed by atoms with Crippen molar-refractivity contribution in [3.63, 3.8) is 0 Å². The summed E-state index contributed by atoms with van der Waals surface area (Å²) in [6.45, 7) is 3.03. The first-order valence-corrected chi connectivity index (χ1v) is 7.23. The van der Waals surface area contributed by atoms with Crippen LogP contribution >= 0.6 is 0 Å². The average Bonchev–Trinajstić information content (AvgIpc) is 3.04. The number of nitrogens with zero attached hydrogens (tertiary/aromatic N) is 3. The van der Waals surface area contributed by atoms with E-state index < -0.39 is 0 Å². The van der Waals surface area contributed by atoms with Crippen LogP contribution in [0.5, 0.6) is 0 Å². The van der Waals surface area contributed by atoms with Crippen molar-refractivity contribution in [2.75, 3.05) is 6.54 Å². The fourth-order valence-electron chi connectivity index (χ4n) is 2.91. The molecule has 0 unspecified atom stereocenters. The number of fused-ring (bicyclic) bond motifs is 1. The van der Waals surface area contributed by atoms with Gasteiger partial charge in [0.1, 0.15) is 11.6 Å². The Morgan fingerprint density at radius 3 is 3.06 bits per heavy atom. The highest BCUT2D eigenvalue weighted by atomic mass is 15.3. The summed E-state index contributed by atoms with van der Waals surface area (Å²) in [5.41, 5.74) is 1.63. The molecule has 0 radical (unpaired) electrons. The molecule has 4 heteroatoms. The number of aryl methyl sites for hydroxylation is 1. The van der Waals surface area contributed by atoms with Crippen LogP contribution in [0.4, 0.5) is 0 Å². The van der Waals surface area contributed by atoms with Gasteiger partial charge < -0.3 is 9.88 Å². The van der Waals surface area contributed by atoms with Gasteiger partial charge in [-0.1, -0.05) is 11.6 Å². The maximum absolute atomic E-state index is 4.30. The van der Waals surface area contributed by atoms with Gasteiger partial charge in [-0.2, -0.15) is 0 Å². The van der Waals surface area contributed by atoms with E-state index in [0.717, 1.165) is 31.9 Å². The zero-order valence-corrected chi connectivity index (χ0v) is 11.0. The van der Waals surface area contributed by atoms with Crippen molar-refractivity contribution in [2.45, 2.75) is 58.0 Å². The normalized spacial score (nSPS) is 18.8. The molecule has 2 aliphatic rings. The van der Waals surface area contributed by atoms with Crippen LogP contribution in [-0.2, 0) is 19.5 Å². The lowest BCUT2D eigenvalue weighted by Crippen LogP contribution is -2.20. The SMILES string of the molecule is C1=C(CCNCc2nnc3n2CCCC3)CCC1. The molecular weight excluding hydrogens is 224 g/mol. The predicted molar refractivity (Wildman–Crippen MR) is 71.2 cm³/mol. The van der Waals surface area contributed by atoms with Gasteiger partial charge in [0.25, 0.3) is 0 Å². The smallest absolute Gasteiger partial charge is 0.147 e. The summed E-state index contributed by atoms with van der Waals surface area (Å²) in [6, 6.07) is 0. The molecule has 18 heavy (non-hydrogen) atoms. The summed E-state index contributed by atoms with van der Waals surface area (Å²) >= 11 is 0. The second-order valence-electron chi connectivity index (χ2n) is 5.32. The molecule has 0 saturated carbocycles. The van der Waals surface area contributed by atoms with Crippen molar-refractivity contribution in [2.24, 2.45) is 0 Å². The van der Waals surface area contributed by atoms with Crippen molar-refractivity contribution in [3.05, 3.63) is 23.3 Å². The number of hydrogen-bond acceptors (Lipinski definition) is 3. The monoisotopic (exact) mass is 246 g/mol. The number of aromatic nitrogens is 3. The topological polar surface area (TPSA) is 42.7 Å². The average molecular weight is 246 g/mol. The van der Waals surface area contributed by atoms with Crippen LogP contribution in [0, 0.1) is 0 Å². The predicted octanol–water partition coefficient (Wildman–Crippen LogP) is 2.20. The van der Waals surface area contributed by atoms with E-state index in [4.69, 9.17) is 0 Å². The number of hydrogen-bond donors (Lipinski definition) is 1. The van der Waals surface area contributed by atoms with E-state index in [1.54, 1.807) is 5.57 Å². The van der Waals surface area contributed by atoms with Crippen molar-refractivity contribution in [1.82, 2.24) is 20.1 Å². The molecule has 0 aromatic carbocycles. The standard InChI is InChI=1S/C14H22N4/c1-2-6-12(5-1)8-9-15-11-14-17-16-13-7-3-4-10-18(13)14/h5,15H,1-4,6-11H2. The Morgan fingerprint density at radius 1 is 1.17 bits per heavy atom. The first-order chi connectivity index (χ1) is 8.93. The molecule has 0 saturated heterocycles. The first kappa shape index (κ1) is 11.9. The van der Waals surface area contributed by atoms with Gasteiger partial charge in [0.15, 0.2) is 0 Å². The van der Waals surface area contributed by atoms with E-state index in [2.05, 4.69) is 26.2 Å². The molecule has 1 aliphatic heterocycles. The lowest BCUT2D eigenvalue weighted by atomic mass is 10.1. The minimum atomic E-state index is 0.861. The Kier molecular flexibility index (Phi) is 3.74. The minimum Gasteiger partial charge on any atom is -0.314 e. The maximum atomic E-state index is 4.30. The molecule has 3 rings (SSSR count). The molecule has 1 aliphatic carbocycles. The zero-order valence-electron chi connectivity index (χ0n) is 11.0. The van der Waals surface area contributed by atoms with Crippen molar-refractivity contribution in [1.29, 1.82) is 0 Å². The summed E-state index contributed by atoms with van der Waals surface area (Å²) in [6.07, 6.45) is 11.2. The third kappa shape index (κ3) is 2.64. The maximum Gasteiger partial charge on any atom is 0.147 e. The van der Waals surface area contributed by atoms with Crippen molar-refractivity contribution in [3.8, 4) is 0 Å². The van der Waals surface area contributed by atoms with Gasteiger partial charge in [0, 0.05) is 13.0 Å². The molecule has 2 heterocycles. The summed E-state index contributed by atoms with van der Waals surface area (Å²) in [5, 5.41) is 12.1. The number of nitrogens with one attached hydrogen (secondary N) is 1. The molecule has 1 N–H and O–H groups in total. The summed E-state index contributed by atoms with van der Waals surface area (Å²) in [5.74, 6) is 2.29. The third-order valence-electron chi connectivity index (χ3n) is 3.98. The molecule has 4 nitrogen and oxygen atoms in total. The van der Waals surface area contributed by atoms with Gasteiger partial charge >= 0.3 is 0 Å². The molecule has 0 amide bonds. The molecule has 0 atom stereocenters. The highest BCUT2D eigenvalue weighted by Crippen LogP contribution is 2.19. The van der Waals surface area contributed by atoms with Crippen LogP contribution in [0.25, 0.3) is 0 Å². The van der Waals surface area contributed by atoms with Crippen molar-refractivity contribution < 1.29 is 0 Å². The van der Waals surface area contributed by atoms with Crippen molar-refractivity contribution >= 4 is 0 Å². The van der Waals surface area contributed by atoms with E-state index in [1.807, 2.05) is 0 Å². The fourth-order valence-corrected chi connectivity index (χ4v) is 2.91. The molecule has 98 valence electrons. The summed E-state index contributed by atoms with van der Waals surface area (Å²) in [4.78, 5) is 0. The van der Waals surface area contributed by atoms with Crippen LogP contribution in [0.2, 0.25) is 0 Å². The number of allylic oxidation sites excluding steroid dienone is 1. The molecular formula is C14H22N4. The molecule has 1 aromatic heterocycles. The number of rotatable bonds is 5. The summed E-state index contributed by atoms with van der Waals surface area (Å²) < 4.78 is 2.30. The largest absolute Gasteiger partial charge is 0.314 e. The van der Waals surface area contributed by atoms with E-state index >= 15 is 0 Å². The first-order valence-electron chi connectivity index (χ1n) is 7.23. The van der Waals surface area contributed by atoms with Crippen LogP contribution < -0.4 is 5.32 Å². The lowest BCUT2D eigenvalue weighted by Gasteiger charge is -2.14. The van der Waals surface area contributed by atoms with E-state index in [-0.39, 0.29) is 0 Å². The van der Waals surface area contributed by atoms with Crippen LogP contribution in [0.1, 0.15) is 50.2 Å². The zero-order chi connectivity index (χ0) is 12.2. The van der Waals surface area contributed by atoms with Gasteiger partial charge in [-0.3, -0.25) is 0 Å². The molecule has 0 spiro atoms. The quantitative estimate of drug-likeness (QED) is 0.640. The van der Waals surface area contributed by atoms with E-state index in [0.29, 0.717) is 0 Å². The molecule has 1 aromatic rings. The fraction of sp³-hybridized carbons (Fsp3) is 0.714. The third-order valence-corrected chi connectivity index (χ3v) is 3.98. The Balaban J connectivity index is 1.46. The van der Waals surface area contributed by atoms with Gasteiger partial charge in [0.2, 0.25) is 0 Å². The molecule has 0 bridgehead atoms. The second kappa shape index (κ2) is 5.65.